The minimum Gasteiger partial charge on any atom is -0.228 e. The molecule has 1 heterocycles. The Balaban J connectivity index is 1.25. The molecule has 0 saturated carbocycles. The van der Waals surface area contributed by atoms with Crippen LogP contribution < -0.4 is 0 Å². The van der Waals surface area contributed by atoms with E-state index in [9.17, 15) is 5.26 Å². The fourth-order valence-electron chi connectivity index (χ4n) is 6.81. The van der Waals surface area contributed by atoms with E-state index in [0.29, 0.717) is 11.4 Å². The lowest BCUT2D eigenvalue weighted by Crippen LogP contribution is -2.15. The second-order valence-corrected chi connectivity index (χ2v) is 12.2. The summed E-state index contributed by atoms with van der Waals surface area (Å²) in [4.78, 5) is 10.2. The fourth-order valence-corrected chi connectivity index (χ4v) is 6.81. The smallest absolute Gasteiger partial charge is 0.161 e. The van der Waals surface area contributed by atoms with Gasteiger partial charge in [0, 0.05) is 22.1 Å². The molecule has 0 radical (unpaired) electrons. The van der Waals surface area contributed by atoms with Crippen molar-refractivity contribution >= 4 is 10.8 Å². The predicted octanol–water partition coefficient (Wildman–Crippen LogP) is 10.5. The molecule has 0 unspecified atom stereocenters. The average molecular weight is 576 g/mol. The minimum atomic E-state index is -0.180. The third-order valence-electron chi connectivity index (χ3n) is 9.15. The monoisotopic (exact) mass is 575 g/mol. The highest BCUT2D eigenvalue weighted by atomic mass is 14.9. The van der Waals surface area contributed by atoms with E-state index < -0.39 is 0 Å². The largest absolute Gasteiger partial charge is 0.228 e. The number of nitrogens with zero attached hydrogens (tertiary/aromatic N) is 3. The summed E-state index contributed by atoms with van der Waals surface area (Å²) in [5.41, 5.74) is 12.7. The highest BCUT2D eigenvalue weighted by Gasteiger charge is 2.37. The first-order valence-electron chi connectivity index (χ1n) is 15.2. The first-order chi connectivity index (χ1) is 22.0. The lowest BCUT2D eigenvalue weighted by Gasteiger charge is -2.21. The molecule has 0 atom stereocenters. The molecule has 1 aliphatic carbocycles. The molecule has 0 amide bonds. The number of aromatic nitrogens is 2. The third-order valence-corrected chi connectivity index (χ3v) is 9.15. The van der Waals surface area contributed by atoms with Crippen LogP contribution in [0.25, 0.3) is 66.9 Å². The Morgan fingerprint density at radius 1 is 0.533 bits per heavy atom. The molecule has 45 heavy (non-hydrogen) atoms. The van der Waals surface area contributed by atoms with Gasteiger partial charge in [-0.05, 0) is 62.4 Å². The Hall–Kier alpha value is -5.85. The van der Waals surface area contributed by atoms with E-state index in [2.05, 4.69) is 135 Å². The summed E-state index contributed by atoms with van der Waals surface area (Å²) in [6, 6.07) is 50.8. The van der Waals surface area contributed by atoms with Gasteiger partial charge in [0.05, 0.1) is 23.0 Å². The summed E-state index contributed by atoms with van der Waals surface area (Å²) in [7, 11) is 0. The highest BCUT2D eigenvalue weighted by molar-refractivity contribution is 5.96. The normalized spacial score (nSPS) is 12.8. The fraction of sp³-hybridized carbons (Fsp3) is 0.0714. The van der Waals surface area contributed by atoms with Gasteiger partial charge in [0.1, 0.15) is 0 Å². The Kier molecular flexibility index (Phi) is 6.18. The van der Waals surface area contributed by atoms with Gasteiger partial charge in [-0.15, -0.1) is 0 Å². The van der Waals surface area contributed by atoms with Crippen molar-refractivity contribution in [2.75, 3.05) is 0 Å². The van der Waals surface area contributed by atoms with Gasteiger partial charge in [0.15, 0.2) is 5.82 Å². The molecule has 0 aliphatic heterocycles. The molecule has 1 aromatic heterocycles. The minimum absolute atomic E-state index is 0.180. The number of rotatable bonds is 4. The van der Waals surface area contributed by atoms with Gasteiger partial charge < -0.3 is 0 Å². The third kappa shape index (κ3) is 4.42. The van der Waals surface area contributed by atoms with Gasteiger partial charge in [0.2, 0.25) is 0 Å². The summed E-state index contributed by atoms with van der Waals surface area (Å²) in [6.07, 6.45) is 0. The summed E-state index contributed by atoms with van der Waals surface area (Å²) in [5, 5.41) is 11.9. The molecule has 0 bridgehead atoms. The number of hydrogen-bond acceptors (Lipinski definition) is 3. The molecule has 8 rings (SSSR count). The Morgan fingerprint density at radius 2 is 1.18 bits per heavy atom. The number of hydrogen-bond donors (Lipinski definition) is 0. The molecule has 3 heteroatoms. The van der Waals surface area contributed by atoms with Crippen LogP contribution in [0.1, 0.15) is 30.5 Å². The summed E-state index contributed by atoms with van der Waals surface area (Å²) in [5.74, 6) is 0.712. The van der Waals surface area contributed by atoms with E-state index in [0.717, 1.165) is 39.0 Å². The van der Waals surface area contributed by atoms with E-state index >= 15 is 0 Å². The zero-order chi connectivity index (χ0) is 30.5. The number of nitriles is 1. The Bertz CT molecular complexity index is 2290. The van der Waals surface area contributed by atoms with E-state index in [-0.39, 0.29) is 5.41 Å². The van der Waals surface area contributed by atoms with Crippen molar-refractivity contribution in [2.24, 2.45) is 0 Å². The molecule has 0 N–H and O–H groups in total. The maximum Gasteiger partial charge on any atom is 0.161 e. The maximum atomic E-state index is 9.56. The van der Waals surface area contributed by atoms with Crippen LogP contribution in [0.2, 0.25) is 0 Å². The van der Waals surface area contributed by atoms with E-state index in [4.69, 9.17) is 9.97 Å². The van der Waals surface area contributed by atoms with Crippen molar-refractivity contribution in [2.45, 2.75) is 19.3 Å². The summed E-state index contributed by atoms with van der Waals surface area (Å²) < 4.78 is 0. The molecule has 0 spiro atoms. The molecular formula is C42H29N3. The molecule has 3 nitrogen and oxygen atoms in total. The average Bonchev–Trinajstić information content (AvgIpc) is 3.34. The van der Waals surface area contributed by atoms with Gasteiger partial charge in [-0.25, -0.2) is 9.97 Å². The lowest BCUT2D eigenvalue weighted by molar-refractivity contribution is 0.660. The van der Waals surface area contributed by atoms with Crippen molar-refractivity contribution in [1.82, 2.24) is 9.97 Å². The highest BCUT2D eigenvalue weighted by Crippen LogP contribution is 2.52. The van der Waals surface area contributed by atoms with E-state index in [1.807, 2.05) is 24.3 Å². The molecule has 6 aromatic carbocycles. The Morgan fingerprint density at radius 3 is 1.96 bits per heavy atom. The predicted molar refractivity (Wildman–Crippen MR) is 184 cm³/mol. The Labute approximate surface area is 263 Å². The second kappa shape index (κ2) is 10.4. The van der Waals surface area contributed by atoms with Gasteiger partial charge >= 0.3 is 0 Å². The van der Waals surface area contributed by atoms with Crippen molar-refractivity contribution in [3.8, 4) is 62.2 Å². The van der Waals surface area contributed by atoms with Crippen molar-refractivity contribution in [1.29, 1.82) is 5.26 Å². The quantitative estimate of drug-likeness (QED) is 0.210. The molecule has 212 valence electrons. The summed E-state index contributed by atoms with van der Waals surface area (Å²) in [6.45, 7) is 4.50. The summed E-state index contributed by atoms with van der Waals surface area (Å²) >= 11 is 0. The SMILES string of the molecule is CC1(C)c2cc(C#N)ccc2-c2c(-c3ccc(-c4cc(-c5ccccc5)nc(-c5cccc6ccccc56)n4)cc3)cccc21. The maximum absolute atomic E-state index is 9.56. The first-order valence-corrected chi connectivity index (χ1v) is 15.2. The molecule has 1 aliphatic rings. The molecule has 0 saturated heterocycles. The molecule has 7 aromatic rings. The van der Waals surface area contributed by atoms with Crippen LogP contribution >= 0.6 is 0 Å². The van der Waals surface area contributed by atoms with Crippen LogP contribution in [0.3, 0.4) is 0 Å². The second-order valence-electron chi connectivity index (χ2n) is 12.2. The van der Waals surface area contributed by atoms with Gasteiger partial charge in [-0.3, -0.25) is 0 Å². The number of fused-ring (bicyclic) bond motifs is 4. The van der Waals surface area contributed by atoms with E-state index in [1.54, 1.807) is 0 Å². The molecule has 0 fully saturated rings. The number of benzene rings is 6. The van der Waals surface area contributed by atoms with Crippen LogP contribution in [0, 0.1) is 11.3 Å². The zero-order valence-corrected chi connectivity index (χ0v) is 25.1. The topological polar surface area (TPSA) is 49.6 Å². The van der Waals surface area contributed by atoms with E-state index in [1.165, 1.54) is 33.2 Å². The van der Waals surface area contributed by atoms with Gasteiger partial charge in [0.25, 0.3) is 0 Å². The molecular weight excluding hydrogens is 546 g/mol. The standard InChI is InChI=1S/C42H29N3/c1-42(2)36-17-9-15-33(40(36)35-23-18-27(26-43)24-37(35)42)29-19-21-31(22-20-29)39-25-38(30-11-4-3-5-12-30)44-41(45-39)34-16-8-13-28-10-6-7-14-32(28)34/h3-25H,1-2H3. The van der Waals surface area contributed by atoms with Crippen LogP contribution in [0.15, 0.2) is 140 Å². The van der Waals surface area contributed by atoms with Crippen molar-refractivity contribution in [3.63, 3.8) is 0 Å². The van der Waals surface area contributed by atoms with Crippen LogP contribution in [0.4, 0.5) is 0 Å². The van der Waals surface area contributed by atoms with Crippen molar-refractivity contribution < 1.29 is 0 Å². The van der Waals surface area contributed by atoms with Crippen LogP contribution in [-0.2, 0) is 5.41 Å². The first kappa shape index (κ1) is 26.8. The van der Waals surface area contributed by atoms with Gasteiger partial charge in [-0.2, -0.15) is 5.26 Å². The van der Waals surface area contributed by atoms with Crippen LogP contribution in [-0.4, -0.2) is 9.97 Å². The van der Waals surface area contributed by atoms with Crippen molar-refractivity contribution in [3.05, 3.63) is 156 Å². The lowest BCUT2D eigenvalue weighted by atomic mass is 9.81. The zero-order valence-electron chi connectivity index (χ0n) is 25.1. The van der Waals surface area contributed by atoms with Crippen LogP contribution in [0.5, 0.6) is 0 Å². The van der Waals surface area contributed by atoms with Gasteiger partial charge in [-0.1, -0.05) is 135 Å².